The SMILES string of the molecule is N#Cc1ccc(-c2ccc(C#N)c(-n3c4ccccc4c4ccccc43)c2)c([Si](c2ccccc2)(c2ccccc2)c2ccccc2)c1. The van der Waals surface area contributed by atoms with E-state index in [1.54, 1.807) is 0 Å². The molecule has 1 aromatic heterocycles. The third-order valence-electron chi connectivity index (χ3n) is 9.42. The zero-order valence-corrected chi connectivity index (χ0v) is 27.1. The van der Waals surface area contributed by atoms with Gasteiger partial charge in [0.15, 0.2) is 8.07 Å². The van der Waals surface area contributed by atoms with Crippen molar-refractivity contribution in [3.05, 3.63) is 187 Å². The molecule has 3 nitrogen and oxygen atoms in total. The molecule has 0 radical (unpaired) electrons. The quantitative estimate of drug-likeness (QED) is 0.141. The maximum atomic E-state index is 10.4. The van der Waals surface area contributed by atoms with Gasteiger partial charge in [-0.3, -0.25) is 0 Å². The maximum absolute atomic E-state index is 10.4. The summed E-state index contributed by atoms with van der Waals surface area (Å²) in [7, 11) is -2.99. The molecule has 0 unspecified atom stereocenters. The van der Waals surface area contributed by atoms with Gasteiger partial charge in [0.2, 0.25) is 0 Å². The Morgan fingerprint density at radius 2 is 0.958 bits per heavy atom. The lowest BCUT2D eigenvalue weighted by Crippen LogP contribution is -2.75. The van der Waals surface area contributed by atoms with Crippen LogP contribution in [-0.2, 0) is 0 Å². The molecule has 0 spiro atoms. The minimum absolute atomic E-state index is 0.595. The molecule has 4 heteroatoms. The monoisotopic (exact) mass is 627 g/mol. The molecule has 48 heavy (non-hydrogen) atoms. The predicted octanol–water partition coefficient (Wildman–Crippen LogP) is 7.57. The molecule has 0 amide bonds. The van der Waals surface area contributed by atoms with Gasteiger partial charge in [-0.15, -0.1) is 0 Å². The minimum Gasteiger partial charge on any atom is -0.308 e. The van der Waals surface area contributed by atoms with Crippen molar-refractivity contribution in [1.29, 1.82) is 10.5 Å². The van der Waals surface area contributed by atoms with E-state index in [1.165, 1.54) is 15.6 Å². The highest BCUT2D eigenvalue weighted by molar-refractivity contribution is 7.20. The van der Waals surface area contributed by atoms with E-state index in [4.69, 9.17) is 0 Å². The van der Waals surface area contributed by atoms with E-state index < -0.39 is 8.07 Å². The zero-order chi connectivity index (χ0) is 32.5. The first-order valence-corrected chi connectivity index (χ1v) is 18.0. The highest BCUT2D eigenvalue weighted by Crippen LogP contribution is 2.35. The van der Waals surface area contributed by atoms with Crippen LogP contribution in [0.4, 0.5) is 0 Å². The van der Waals surface area contributed by atoms with E-state index >= 15 is 0 Å². The van der Waals surface area contributed by atoms with Crippen molar-refractivity contribution in [3.63, 3.8) is 0 Å². The predicted molar refractivity (Wildman–Crippen MR) is 199 cm³/mol. The standard InChI is InChI=1S/C44H29N3Si/c45-30-32-24-27-38(33-25-26-34(31-46)43(29-33)47-41-22-12-10-20-39(41)40-21-11-13-23-42(40)47)44(28-32)48(35-14-4-1-5-15-35,36-16-6-2-7-17-36)37-18-8-3-9-19-37/h1-29H. The fourth-order valence-corrected chi connectivity index (χ4v) is 12.4. The van der Waals surface area contributed by atoms with Crippen LogP contribution in [0.5, 0.6) is 0 Å². The number of hydrogen-bond donors (Lipinski definition) is 0. The van der Waals surface area contributed by atoms with Gasteiger partial charge in [-0.2, -0.15) is 10.5 Å². The first kappa shape index (κ1) is 29.0. The zero-order valence-electron chi connectivity index (χ0n) is 26.1. The van der Waals surface area contributed by atoms with Crippen LogP contribution in [0.3, 0.4) is 0 Å². The molecule has 0 N–H and O–H groups in total. The Morgan fingerprint density at radius 3 is 1.46 bits per heavy atom. The molecule has 1 heterocycles. The Kier molecular flexibility index (Phi) is 7.27. The molecule has 0 aliphatic rings. The summed E-state index contributed by atoms with van der Waals surface area (Å²) in [6, 6.07) is 66.2. The van der Waals surface area contributed by atoms with Gasteiger partial charge in [-0.25, -0.2) is 0 Å². The maximum Gasteiger partial charge on any atom is 0.180 e. The lowest BCUT2D eigenvalue weighted by molar-refractivity contribution is 1.17. The molecule has 224 valence electrons. The Hall–Kier alpha value is -6.46. The summed E-state index contributed by atoms with van der Waals surface area (Å²) in [4.78, 5) is 0. The molecule has 8 rings (SSSR count). The van der Waals surface area contributed by atoms with E-state index in [9.17, 15) is 10.5 Å². The molecular formula is C44H29N3Si. The highest BCUT2D eigenvalue weighted by Gasteiger charge is 2.43. The molecule has 0 aliphatic heterocycles. The largest absolute Gasteiger partial charge is 0.308 e. The molecule has 0 saturated heterocycles. The fraction of sp³-hybridized carbons (Fsp3) is 0. The topological polar surface area (TPSA) is 52.5 Å². The number of nitriles is 2. The number of hydrogen-bond acceptors (Lipinski definition) is 2. The molecule has 7 aromatic carbocycles. The number of aromatic nitrogens is 1. The van der Waals surface area contributed by atoms with Crippen molar-refractivity contribution in [3.8, 4) is 29.0 Å². The average Bonchev–Trinajstić information content (AvgIpc) is 3.50. The van der Waals surface area contributed by atoms with Crippen LogP contribution < -0.4 is 20.7 Å². The summed E-state index contributed by atoms with van der Waals surface area (Å²) in [5, 5.41) is 27.8. The molecule has 8 aromatic rings. The lowest BCUT2D eigenvalue weighted by Gasteiger charge is -2.36. The van der Waals surface area contributed by atoms with Crippen LogP contribution in [0.25, 0.3) is 38.6 Å². The number of nitrogens with zero attached hydrogens (tertiary/aromatic N) is 3. The van der Waals surface area contributed by atoms with Gasteiger partial charge in [0.05, 0.1) is 33.9 Å². The molecular weight excluding hydrogens is 599 g/mol. The summed E-state index contributed by atoms with van der Waals surface area (Å²) in [5.41, 5.74) is 6.17. The van der Waals surface area contributed by atoms with Gasteiger partial charge in [-0.1, -0.05) is 140 Å². The number of rotatable bonds is 6. The van der Waals surface area contributed by atoms with Gasteiger partial charge < -0.3 is 4.57 Å². The van der Waals surface area contributed by atoms with Crippen molar-refractivity contribution in [1.82, 2.24) is 4.57 Å². The summed E-state index contributed by atoms with van der Waals surface area (Å²) < 4.78 is 2.21. The van der Waals surface area contributed by atoms with Crippen LogP contribution >= 0.6 is 0 Å². The second kappa shape index (κ2) is 12.0. The number of para-hydroxylation sites is 2. The molecule has 0 atom stereocenters. The molecule has 0 saturated carbocycles. The summed E-state index contributed by atoms with van der Waals surface area (Å²) in [6.45, 7) is 0. The number of benzene rings is 7. The Morgan fingerprint density at radius 1 is 0.458 bits per heavy atom. The van der Waals surface area contributed by atoms with Gasteiger partial charge in [0, 0.05) is 10.8 Å². The average molecular weight is 628 g/mol. The van der Waals surface area contributed by atoms with E-state index in [1.807, 2.05) is 24.3 Å². The van der Waals surface area contributed by atoms with Gasteiger partial charge in [0.25, 0.3) is 0 Å². The first-order valence-electron chi connectivity index (χ1n) is 16.0. The Labute approximate surface area is 280 Å². The normalized spacial score (nSPS) is 11.3. The van der Waals surface area contributed by atoms with Crippen molar-refractivity contribution in [2.75, 3.05) is 0 Å². The molecule has 0 fully saturated rings. The third-order valence-corrected chi connectivity index (χ3v) is 14.2. The summed E-state index contributed by atoms with van der Waals surface area (Å²) in [5.74, 6) is 0. The van der Waals surface area contributed by atoms with Crippen LogP contribution in [0, 0.1) is 22.7 Å². The second-order valence-corrected chi connectivity index (χ2v) is 15.7. The number of fused-ring (bicyclic) bond motifs is 3. The van der Waals surface area contributed by atoms with Crippen LogP contribution in [0.2, 0.25) is 0 Å². The van der Waals surface area contributed by atoms with Crippen LogP contribution in [0.15, 0.2) is 176 Å². The van der Waals surface area contributed by atoms with E-state index in [0.29, 0.717) is 11.1 Å². The van der Waals surface area contributed by atoms with Gasteiger partial charge >= 0.3 is 0 Å². The van der Waals surface area contributed by atoms with E-state index in [2.05, 4.69) is 168 Å². The molecule has 0 bridgehead atoms. The van der Waals surface area contributed by atoms with Crippen LogP contribution in [0.1, 0.15) is 11.1 Å². The summed E-state index contributed by atoms with van der Waals surface area (Å²) in [6.07, 6.45) is 0. The van der Waals surface area contributed by atoms with Crippen molar-refractivity contribution in [2.45, 2.75) is 0 Å². The van der Waals surface area contributed by atoms with Gasteiger partial charge in [0.1, 0.15) is 6.07 Å². The second-order valence-electron chi connectivity index (χ2n) is 11.9. The van der Waals surface area contributed by atoms with Crippen LogP contribution in [-0.4, -0.2) is 12.6 Å². The van der Waals surface area contributed by atoms with Crippen molar-refractivity contribution >= 4 is 50.6 Å². The van der Waals surface area contributed by atoms with Gasteiger partial charge in [-0.05, 0) is 68.3 Å². The van der Waals surface area contributed by atoms with Crippen molar-refractivity contribution < 1.29 is 0 Å². The van der Waals surface area contributed by atoms with E-state index in [-0.39, 0.29) is 0 Å². The minimum atomic E-state index is -2.99. The smallest absolute Gasteiger partial charge is 0.180 e. The first-order chi connectivity index (χ1) is 23.7. The van der Waals surface area contributed by atoms with E-state index in [0.717, 1.165) is 43.8 Å². The Balaban J connectivity index is 1.49. The summed E-state index contributed by atoms with van der Waals surface area (Å²) >= 11 is 0. The lowest BCUT2D eigenvalue weighted by atomic mass is 10.0. The Bertz CT molecular complexity index is 2370. The molecule has 0 aliphatic carbocycles. The van der Waals surface area contributed by atoms with Crippen molar-refractivity contribution in [2.24, 2.45) is 0 Å². The third kappa shape index (κ3) is 4.55. The fourth-order valence-electron chi connectivity index (χ4n) is 7.37. The highest BCUT2D eigenvalue weighted by atomic mass is 28.3.